The first-order chi connectivity index (χ1) is 30.0. The number of aliphatic hydroxyl groups is 4. The zero-order valence-electron chi connectivity index (χ0n) is 37.8. The number of phosphoric ester groups is 2. The third-order valence-corrected chi connectivity index (χ3v) is 12.2. The van der Waals surface area contributed by atoms with Crippen LogP contribution in [0.1, 0.15) is 168 Å². The van der Waals surface area contributed by atoms with E-state index in [1.807, 2.05) is 0 Å². The van der Waals surface area contributed by atoms with Gasteiger partial charge in [-0.1, -0.05) is 109 Å². The first-order valence-electron chi connectivity index (χ1n) is 23.2. The van der Waals surface area contributed by atoms with Crippen molar-refractivity contribution < 1.29 is 81.7 Å². The summed E-state index contributed by atoms with van der Waals surface area (Å²) in [4.78, 5) is 65.8. The highest BCUT2D eigenvalue weighted by molar-refractivity contribution is 7.47. The third-order valence-electron chi connectivity index (χ3n) is 10.8. The lowest BCUT2D eigenvalue weighted by Crippen LogP contribution is -2.30. The Kier molecular flexibility index (Phi) is 33.2. The van der Waals surface area contributed by atoms with Crippen molar-refractivity contribution in [2.24, 2.45) is 11.8 Å². The van der Waals surface area contributed by atoms with Gasteiger partial charge in [-0.05, 0) is 51.4 Å². The van der Waals surface area contributed by atoms with E-state index in [4.69, 9.17) is 23.8 Å². The second-order valence-corrected chi connectivity index (χ2v) is 19.3. The summed E-state index contributed by atoms with van der Waals surface area (Å²) in [6.07, 6.45) is 20.9. The van der Waals surface area contributed by atoms with Crippen molar-refractivity contribution in [3.05, 3.63) is 24.3 Å². The highest BCUT2D eigenvalue weighted by Crippen LogP contribution is 2.44. The van der Waals surface area contributed by atoms with E-state index >= 15 is 0 Å². The maximum Gasteiger partial charge on any atom is 0.472 e. The summed E-state index contributed by atoms with van der Waals surface area (Å²) in [7, 11) is -9.81. The van der Waals surface area contributed by atoms with Crippen molar-refractivity contribution in [2.75, 3.05) is 26.4 Å². The van der Waals surface area contributed by atoms with Gasteiger partial charge in [0.25, 0.3) is 0 Å². The molecule has 0 bridgehead atoms. The molecule has 63 heavy (non-hydrogen) atoms. The van der Waals surface area contributed by atoms with Crippen LogP contribution < -0.4 is 0 Å². The molecule has 0 aromatic carbocycles. The number of hydrogen-bond acceptors (Lipinski definition) is 14. The van der Waals surface area contributed by atoms with E-state index in [0.29, 0.717) is 19.3 Å². The maximum atomic E-state index is 12.9. The first kappa shape index (κ1) is 59.2. The summed E-state index contributed by atoms with van der Waals surface area (Å²) in [5.41, 5.74) is 0. The molecule has 17 nitrogen and oxygen atoms in total. The van der Waals surface area contributed by atoms with E-state index in [1.54, 1.807) is 12.2 Å². The second-order valence-electron chi connectivity index (χ2n) is 16.6. The molecule has 0 aromatic heterocycles. The van der Waals surface area contributed by atoms with E-state index in [-0.39, 0.29) is 44.3 Å². The van der Waals surface area contributed by atoms with Crippen molar-refractivity contribution in [3.63, 3.8) is 0 Å². The summed E-state index contributed by atoms with van der Waals surface area (Å²) in [5.74, 6) is -2.44. The molecule has 1 fully saturated rings. The molecule has 8 atom stereocenters. The Morgan fingerprint density at radius 2 is 1.19 bits per heavy atom. The van der Waals surface area contributed by atoms with Gasteiger partial charge < -0.3 is 44.6 Å². The minimum atomic E-state index is -4.91. The van der Waals surface area contributed by atoms with E-state index < -0.39 is 96.4 Å². The lowest BCUT2D eigenvalue weighted by molar-refractivity contribution is -0.161. The number of phosphoric acid groups is 2. The van der Waals surface area contributed by atoms with Crippen LogP contribution >= 0.6 is 15.6 Å². The topological polar surface area (TPSA) is 273 Å². The fourth-order valence-corrected chi connectivity index (χ4v) is 8.32. The molecule has 368 valence electrons. The number of hydrogen-bond donors (Lipinski definition) is 7. The normalized spacial score (nSPS) is 20.5. The average molecular weight is 943 g/mol. The molecule has 0 aromatic rings. The highest BCUT2D eigenvalue weighted by atomic mass is 31.2. The number of unbranched alkanes of at least 4 members (excludes halogenated alkanes) is 14. The van der Waals surface area contributed by atoms with E-state index in [9.17, 15) is 48.8 Å². The van der Waals surface area contributed by atoms with E-state index in [1.165, 1.54) is 25.7 Å². The molecule has 7 N–H and O–H groups in total. The number of carbonyl (C=O) groups is 3. The zero-order chi connectivity index (χ0) is 46.9. The highest BCUT2D eigenvalue weighted by Gasteiger charge is 2.41. The molecular weight excluding hydrogens is 862 g/mol. The summed E-state index contributed by atoms with van der Waals surface area (Å²) in [6, 6.07) is 0. The van der Waals surface area contributed by atoms with Gasteiger partial charge >= 0.3 is 27.6 Å². The van der Waals surface area contributed by atoms with Crippen LogP contribution in [0.3, 0.4) is 0 Å². The quantitative estimate of drug-likeness (QED) is 0.0136. The van der Waals surface area contributed by atoms with Gasteiger partial charge in [0.1, 0.15) is 18.5 Å². The van der Waals surface area contributed by atoms with Crippen LogP contribution in [-0.4, -0.2) is 110 Å². The number of esters is 2. The Hall–Kier alpha value is -1.85. The number of carbonyl (C=O) groups excluding carboxylic acids is 3. The van der Waals surface area contributed by atoms with Crippen molar-refractivity contribution >= 4 is 33.4 Å². The molecule has 1 unspecified atom stereocenters. The number of allylic oxidation sites excluding steroid dienone is 2. The van der Waals surface area contributed by atoms with Crippen LogP contribution in [0.5, 0.6) is 0 Å². The molecule has 0 saturated heterocycles. The Balaban J connectivity index is 2.57. The van der Waals surface area contributed by atoms with Gasteiger partial charge in [0, 0.05) is 43.9 Å². The summed E-state index contributed by atoms with van der Waals surface area (Å²) >= 11 is 0. The Bertz CT molecular complexity index is 1390. The van der Waals surface area contributed by atoms with Gasteiger partial charge in [-0.25, -0.2) is 9.13 Å². The summed E-state index contributed by atoms with van der Waals surface area (Å²) in [6.45, 7) is 1.22. The molecule has 0 aliphatic heterocycles. The van der Waals surface area contributed by atoms with Crippen molar-refractivity contribution in [1.82, 2.24) is 0 Å². The number of ether oxygens (including phenoxy) is 2. The molecule has 1 saturated carbocycles. The van der Waals surface area contributed by atoms with E-state index in [2.05, 4.69) is 35.0 Å². The fourth-order valence-electron chi connectivity index (χ4n) is 7.16. The third kappa shape index (κ3) is 32.5. The van der Waals surface area contributed by atoms with Crippen LogP contribution in [0.15, 0.2) is 24.3 Å². The van der Waals surface area contributed by atoms with Gasteiger partial charge in [-0.15, -0.1) is 0 Å². The number of rotatable bonds is 40. The van der Waals surface area contributed by atoms with Gasteiger partial charge in [0.15, 0.2) is 6.10 Å². The smallest absolute Gasteiger partial charge is 0.462 e. The van der Waals surface area contributed by atoms with Crippen molar-refractivity contribution in [1.29, 1.82) is 0 Å². The predicted molar refractivity (Wildman–Crippen MR) is 237 cm³/mol. The minimum absolute atomic E-state index is 0.0344. The number of aliphatic hydroxyl groups excluding tert-OH is 4. The summed E-state index contributed by atoms with van der Waals surface area (Å²) in [5, 5.41) is 41.1. The molecule has 1 rings (SSSR count). The lowest BCUT2D eigenvalue weighted by atomic mass is 9.87. The minimum Gasteiger partial charge on any atom is -0.462 e. The molecule has 0 spiro atoms. The van der Waals surface area contributed by atoms with E-state index in [0.717, 1.165) is 70.6 Å². The standard InChI is InChI=1S/C44H80O17P2/c1-3-5-7-8-9-10-11-12-13-14-15-16-17-18-20-26-44(51)61-38(34-60-63(55,56)59-32-37(47)31-58-62(52,53)54)33-57-43(50)25-22-21-24-36(46)29-40-39(41(48)30-42(40)49)28-27-35(45)23-19-6-4-2/h10-11,27-28,35,37-42,45,47-49H,3-9,12-26,29-34H2,1-2H3,(H,55,56)(H2,52,53,54)/b11-10-,28-27+/t35-,37-,38+,39+,40+,41+,42-/m0/s1. The van der Waals surface area contributed by atoms with Crippen molar-refractivity contribution in [3.8, 4) is 0 Å². The van der Waals surface area contributed by atoms with Crippen LogP contribution in [0.25, 0.3) is 0 Å². The summed E-state index contributed by atoms with van der Waals surface area (Å²) < 4.78 is 47.7. The van der Waals surface area contributed by atoms with Gasteiger partial charge in [0.05, 0.1) is 38.1 Å². The molecule has 0 radical (unpaired) electrons. The average Bonchev–Trinajstić information content (AvgIpc) is 3.49. The van der Waals surface area contributed by atoms with Crippen molar-refractivity contribution in [2.45, 2.75) is 198 Å². The molecule has 1 aliphatic rings. The van der Waals surface area contributed by atoms with Gasteiger partial charge in [-0.2, -0.15) is 0 Å². The molecule has 19 heteroatoms. The second kappa shape index (κ2) is 35.4. The number of Topliss-reactive ketones (excluding diaryl/α,β-unsaturated/α-hetero) is 1. The van der Waals surface area contributed by atoms with Crippen LogP contribution in [0, 0.1) is 11.8 Å². The van der Waals surface area contributed by atoms with Crippen LogP contribution in [-0.2, 0) is 46.6 Å². The van der Waals surface area contributed by atoms with Gasteiger partial charge in [0.2, 0.25) is 0 Å². The SMILES string of the molecule is CCCCCC/C=C\CCCCCCCCCC(=O)O[C@H](COC(=O)CCCCC(=O)C[C@@H]1[C@@H](/C=C/[C@@H](O)CCCCC)[C@H](O)C[C@@H]1O)COP(=O)(O)OC[C@@H](O)COP(=O)(O)O. The maximum absolute atomic E-state index is 12.9. The Morgan fingerprint density at radius 3 is 1.84 bits per heavy atom. The monoisotopic (exact) mass is 942 g/mol. The Morgan fingerprint density at radius 1 is 0.651 bits per heavy atom. The Labute approximate surface area is 375 Å². The molecular formula is C44H80O17P2. The number of ketones is 1. The van der Waals surface area contributed by atoms with Crippen LogP contribution in [0.4, 0.5) is 0 Å². The predicted octanol–water partition coefficient (Wildman–Crippen LogP) is 7.46. The molecule has 1 aliphatic carbocycles. The lowest BCUT2D eigenvalue weighted by Gasteiger charge is -2.21. The molecule has 0 heterocycles. The first-order valence-corrected chi connectivity index (χ1v) is 26.2. The van der Waals surface area contributed by atoms with Gasteiger partial charge in [-0.3, -0.25) is 28.0 Å². The van der Waals surface area contributed by atoms with Crippen LogP contribution in [0.2, 0.25) is 0 Å². The fraction of sp³-hybridized carbons (Fsp3) is 0.841. The zero-order valence-corrected chi connectivity index (χ0v) is 39.5. The molecule has 0 amide bonds. The largest absolute Gasteiger partial charge is 0.472 e.